The Morgan fingerprint density at radius 3 is 0.915 bits per heavy atom. The first-order valence-corrected chi connectivity index (χ1v) is 28.7. The van der Waals surface area contributed by atoms with Gasteiger partial charge < -0.3 is 14.2 Å². The third kappa shape index (κ3) is 56.3. The molecule has 0 saturated carbocycles. The SMILES string of the molecule is CC/C=C\C/C=C\C/C=C\C/C=C\C/C=C\C/C=C\C/C=C\CCCCCCCC(=O)OCC(COC(=O)CCCCCCCCCCCCCCC)OC(=O)CC/C=C\C/C=C\C/C=C\C/C=C\CC. The highest BCUT2D eigenvalue weighted by atomic mass is 16.6. The van der Waals surface area contributed by atoms with Gasteiger partial charge in [0.25, 0.3) is 0 Å². The molecule has 0 aliphatic heterocycles. The van der Waals surface area contributed by atoms with Crippen LogP contribution in [0.15, 0.2) is 134 Å². The average molecular weight is 982 g/mol. The van der Waals surface area contributed by atoms with E-state index in [9.17, 15) is 14.4 Å². The van der Waals surface area contributed by atoms with Crippen LogP contribution in [-0.2, 0) is 28.6 Å². The van der Waals surface area contributed by atoms with Crippen molar-refractivity contribution in [2.75, 3.05) is 13.2 Å². The van der Waals surface area contributed by atoms with E-state index in [2.05, 4.69) is 142 Å². The Labute approximate surface area is 436 Å². The molecule has 0 aromatic rings. The van der Waals surface area contributed by atoms with E-state index >= 15 is 0 Å². The van der Waals surface area contributed by atoms with Gasteiger partial charge in [0.15, 0.2) is 6.10 Å². The van der Waals surface area contributed by atoms with Gasteiger partial charge in [0, 0.05) is 19.3 Å². The van der Waals surface area contributed by atoms with Gasteiger partial charge in [-0.05, 0) is 103 Å². The summed E-state index contributed by atoms with van der Waals surface area (Å²) in [5.74, 6) is -1.02. The summed E-state index contributed by atoms with van der Waals surface area (Å²) in [5, 5.41) is 0. The van der Waals surface area contributed by atoms with Crippen molar-refractivity contribution in [2.24, 2.45) is 0 Å². The maximum absolute atomic E-state index is 12.8. The molecule has 71 heavy (non-hydrogen) atoms. The Hall–Kier alpha value is -4.45. The largest absolute Gasteiger partial charge is 0.462 e. The van der Waals surface area contributed by atoms with Crippen molar-refractivity contribution in [1.29, 1.82) is 0 Å². The number of allylic oxidation sites excluding steroid dienone is 22. The van der Waals surface area contributed by atoms with E-state index in [0.717, 1.165) is 128 Å². The van der Waals surface area contributed by atoms with Gasteiger partial charge in [-0.3, -0.25) is 14.4 Å². The van der Waals surface area contributed by atoms with Crippen LogP contribution >= 0.6 is 0 Å². The molecule has 1 atom stereocenters. The summed E-state index contributed by atoms with van der Waals surface area (Å²) in [6.45, 7) is 6.32. The van der Waals surface area contributed by atoms with E-state index in [1.807, 2.05) is 12.2 Å². The zero-order valence-electron chi connectivity index (χ0n) is 45.7. The lowest BCUT2D eigenvalue weighted by Crippen LogP contribution is -2.30. The second-order valence-corrected chi connectivity index (χ2v) is 18.4. The van der Waals surface area contributed by atoms with Gasteiger partial charge in [0.1, 0.15) is 13.2 Å². The summed E-state index contributed by atoms with van der Waals surface area (Å²) in [6, 6.07) is 0. The smallest absolute Gasteiger partial charge is 0.306 e. The minimum Gasteiger partial charge on any atom is -0.462 e. The first-order chi connectivity index (χ1) is 35.0. The minimum atomic E-state index is -0.827. The first-order valence-electron chi connectivity index (χ1n) is 28.7. The molecule has 0 radical (unpaired) electrons. The van der Waals surface area contributed by atoms with Gasteiger partial charge in [-0.15, -0.1) is 0 Å². The van der Waals surface area contributed by atoms with Crippen LogP contribution in [0.4, 0.5) is 0 Å². The van der Waals surface area contributed by atoms with E-state index in [1.54, 1.807) is 0 Å². The normalized spacial score (nSPS) is 13.1. The topological polar surface area (TPSA) is 78.9 Å². The molecule has 0 aromatic carbocycles. The van der Waals surface area contributed by atoms with Gasteiger partial charge in [-0.2, -0.15) is 0 Å². The third-order valence-corrected chi connectivity index (χ3v) is 11.7. The predicted octanol–water partition coefficient (Wildman–Crippen LogP) is 19.4. The molecule has 0 aromatic heterocycles. The van der Waals surface area contributed by atoms with Crippen LogP contribution in [0.2, 0.25) is 0 Å². The number of hydrogen-bond donors (Lipinski definition) is 0. The molecular formula is C65H104O6. The van der Waals surface area contributed by atoms with Crippen molar-refractivity contribution in [2.45, 2.75) is 245 Å². The molecule has 400 valence electrons. The van der Waals surface area contributed by atoms with Crippen LogP contribution in [-0.4, -0.2) is 37.2 Å². The number of ether oxygens (including phenoxy) is 3. The lowest BCUT2D eigenvalue weighted by Gasteiger charge is -2.18. The predicted molar refractivity (Wildman–Crippen MR) is 306 cm³/mol. The quantitative estimate of drug-likeness (QED) is 0.0262. The summed E-state index contributed by atoms with van der Waals surface area (Å²) in [7, 11) is 0. The molecule has 6 heteroatoms. The lowest BCUT2D eigenvalue weighted by molar-refractivity contribution is -0.166. The molecule has 0 spiro atoms. The highest BCUT2D eigenvalue weighted by Gasteiger charge is 2.19. The summed E-state index contributed by atoms with van der Waals surface area (Å²) in [6.07, 6.45) is 81.7. The van der Waals surface area contributed by atoms with Crippen molar-refractivity contribution < 1.29 is 28.6 Å². The molecule has 1 unspecified atom stereocenters. The molecule has 0 fully saturated rings. The zero-order chi connectivity index (χ0) is 51.4. The van der Waals surface area contributed by atoms with Crippen molar-refractivity contribution in [3.05, 3.63) is 134 Å². The second-order valence-electron chi connectivity index (χ2n) is 18.4. The van der Waals surface area contributed by atoms with E-state index in [1.165, 1.54) is 64.2 Å². The van der Waals surface area contributed by atoms with Crippen molar-refractivity contribution in [3.8, 4) is 0 Å². The number of unbranched alkanes of at least 4 members (excludes halogenated alkanes) is 17. The summed E-state index contributed by atoms with van der Waals surface area (Å²) in [4.78, 5) is 38.0. The molecule has 6 nitrogen and oxygen atoms in total. The zero-order valence-corrected chi connectivity index (χ0v) is 45.7. The standard InChI is InChI=1S/C65H104O6/c1-4-7-10-13-16-19-22-25-26-27-28-29-30-31-32-33-34-35-36-37-38-41-43-46-49-52-55-58-64(67)70-61-62(71-65(68)59-56-53-50-47-44-40-24-21-18-15-12-9-6-3)60-69-63(66)57-54-51-48-45-42-39-23-20-17-14-11-8-5-2/h7,9-10,12,16,18-19,21,25-26,28-29,31-32,34-35,37-38,40,44,50,53,62H,4-6,8,11,13-15,17,20,22-24,27,30,33,36,39,41-43,45-49,51-52,54-61H2,1-3H3/b10-7-,12-9-,19-16-,21-18-,26-25-,29-28-,32-31-,35-34-,38-37-,44-40-,53-50-. The van der Waals surface area contributed by atoms with Crippen LogP contribution in [0.25, 0.3) is 0 Å². The van der Waals surface area contributed by atoms with Crippen LogP contribution in [0.1, 0.15) is 239 Å². The van der Waals surface area contributed by atoms with E-state index in [-0.39, 0.29) is 31.6 Å². The Balaban J connectivity index is 4.41. The minimum absolute atomic E-state index is 0.115. The van der Waals surface area contributed by atoms with Gasteiger partial charge in [0.05, 0.1) is 0 Å². The van der Waals surface area contributed by atoms with Gasteiger partial charge in [-0.25, -0.2) is 0 Å². The second kappa shape index (κ2) is 58.1. The van der Waals surface area contributed by atoms with Crippen LogP contribution in [0.5, 0.6) is 0 Å². The Kier molecular flexibility index (Phi) is 54.5. The Bertz CT molecular complexity index is 1550. The van der Waals surface area contributed by atoms with E-state index in [4.69, 9.17) is 14.2 Å². The highest BCUT2D eigenvalue weighted by molar-refractivity contribution is 5.71. The lowest BCUT2D eigenvalue weighted by atomic mass is 10.0. The van der Waals surface area contributed by atoms with Crippen molar-refractivity contribution >= 4 is 17.9 Å². The van der Waals surface area contributed by atoms with Gasteiger partial charge >= 0.3 is 17.9 Å². The first kappa shape index (κ1) is 66.6. The fourth-order valence-electron chi connectivity index (χ4n) is 7.44. The highest BCUT2D eigenvalue weighted by Crippen LogP contribution is 2.14. The summed E-state index contributed by atoms with van der Waals surface area (Å²) in [5.41, 5.74) is 0. The molecule has 0 rings (SSSR count). The number of esters is 3. The number of hydrogen-bond acceptors (Lipinski definition) is 6. The van der Waals surface area contributed by atoms with Crippen LogP contribution < -0.4 is 0 Å². The average Bonchev–Trinajstić information content (AvgIpc) is 3.37. The molecule has 0 N–H and O–H groups in total. The summed E-state index contributed by atoms with van der Waals surface area (Å²) >= 11 is 0. The molecular weight excluding hydrogens is 877 g/mol. The van der Waals surface area contributed by atoms with Crippen LogP contribution in [0.3, 0.4) is 0 Å². The molecule has 0 amide bonds. The van der Waals surface area contributed by atoms with E-state index < -0.39 is 12.1 Å². The number of rotatable bonds is 50. The van der Waals surface area contributed by atoms with Crippen molar-refractivity contribution in [1.82, 2.24) is 0 Å². The maximum atomic E-state index is 12.8. The molecule has 0 bridgehead atoms. The van der Waals surface area contributed by atoms with Gasteiger partial charge in [0.2, 0.25) is 0 Å². The Morgan fingerprint density at radius 1 is 0.296 bits per heavy atom. The number of carbonyl (C=O) groups is 3. The van der Waals surface area contributed by atoms with Crippen LogP contribution in [0, 0.1) is 0 Å². The fourth-order valence-corrected chi connectivity index (χ4v) is 7.44. The third-order valence-electron chi connectivity index (χ3n) is 11.7. The molecule has 0 aliphatic rings. The summed E-state index contributed by atoms with van der Waals surface area (Å²) < 4.78 is 16.7. The number of carbonyl (C=O) groups excluding carboxylic acids is 3. The maximum Gasteiger partial charge on any atom is 0.306 e. The molecule has 0 heterocycles. The molecule has 0 saturated heterocycles. The van der Waals surface area contributed by atoms with Gasteiger partial charge in [-0.1, -0.05) is 251 Å². The fraction of sp³-hybridized carbons (Fsp3) is 0.615. The van der Waals surface area contributed by atoms with E-state index in [0.29, 0.717) is 19.3 Å². The Morgan fingerprint density at radius 2 is 0.577 bits per heavy atom. The monoisotopic (exact) mass is 981 g/mol. The van der Waals surface area contributed by atoms with Crippen molar-refractivity contribution in [3.63, 3.8) is 0 Å². The molecule has 0 aliphatic carbocycles.